The Bertz CT molecular complexity index is 3920. The van der Waals surface area contributed by atoms with E-state index in [-0.39, 0.29) is 0 Å². The van der Waals surface area contributed by atoms with Crippen LogP contribution >= 0.6 is 11.3 Å². The summed E-state index contributed by atoms with van der Waals surface area (Å²) in [7, 11) is 0. The minimum atomic E-state index is -0.477. The summed E-state index contributed by atoms with van der Waals surface area (Å²) in [4.78, 5) is 2.62. The van der Waals surface area contributed by atoms with Gasteiger partial charge in [-0.25, -0.2) is 0 Å². The molecule has 0 aliphatic heterocycles. The molecule has 2 spiro atoms. The van der Waals surface area contributed by atoms with Gasteiger partial charge in [-0.3, -0.25) is 0 Å². The molecule has 1 nitrogen and oxygen atoms in total. The molecule has 0 bridgehead atoms. The van der Waals surface area contributed by atoms with E-state index in [0.29, 0.717) is 0 Å². The molecular formula is C67H41NS. The van der Waals surface area contributed by atoms with Gasteiger partial charge in [0.15, 0.2) is 0 Å². The molecule has 0 saturated carbocycles. The molecule has 0 amide bonds. The van der Waals surface area contributed by atoms with Gasteiger partial charge in [-0.2, -0.15) is 0 Å². The van der Waals surface area contributed by atoms with Gasteiger partial charge in [0, 0.05) is 26.8 Å². The van der Waals surface area contributed by atoms with Crippen molar-refractivity contribution >= 4 is 59.3 Å². The number of anilines is 3. The molecule has 69 heavy (non-hydrogen) atoms. The maximum Gasteiger partial charge on any atom is 0.0726 e. The number of hydrogen-bond donors (Lipinski definition) is 0. The Labute approximate surface area is 404 Å². The van der Waals surface area contributed by atoms with Crippen LogP contribution in [0.1, 0.15) is 50.1 Å². The van der Waals surface area contributed by atoms with Crippen LogP contribution in [0.3, 0.4) is 0 Å². The molecule has 4 aliphatic rings. The maximum atomic E-state index is 2.62. The van der Waals surface area contributed by atoms with Crippen LogP contribution in [-0.2, 0) is 10.8 Å². The topological polar surface area (TPSA) is 3.24 Å². The highest BCUT2D eigenvalue weighted by Crippen LogP contribution is 2.66. The van der Waals surface area contributed by atoms with Crippen LogP contribution in [0.2, 0.25) is 0 Å². The van der Waals surface area contributed by atoms with Crippen molar-refractivity contribution in [3.05, 3.63) is 281 Å². The Morgan fingerprint density at radius 2 is 0.696 bits per heavy atom. The number of thiophene rings is 1. The van der Waals surface area contributed by atoms with E-state index in [4.69, 9.17) is 0 Å². The molecule has 0 saturated heterocycles. The van der Waals surface area contributed by atoms with Crippen molar-refractivity contribution in [3.63, 3.8) is 0 Å². The number of nitrogens with zero attached hydrogens (tertiary/aromatic N) is 1. The first-order chi connectivity index (χ1) is 34.2. The van der Waals surface area contributed by atoms with E-state index >= 15 is 0 Å². The van der Waals surface area contributed by atoms with Gasteiger partial charge in [-0.05, 0) is 143 Å². The summed E-state index contributed by atoms with van der Waals surface area (Å²) in [6.07, 6.45) is 0. The van der Waals surface area contributed by atoms with E-state index in [9.17, 15) is 0 Å². The minimum Gasteiger partial charge on any atom is -0.309 e. The van der Waals surface area contributed by atoms with Crippen molar-refractivity contribution in [2.24, 2.45) is 0 Å². The van der Waals surface area contributed by atoms with Gasteiger partial charge in [0.2, 0.25) is 0 Å². The predicted molar refractivity (Wildman–Crippen MR) is 289 cm³/mol. The largest absolute Gasteiger partial charge is 0.309 e. The molecule has 0 unspecified atom stereocenters. The number of hydrogen-bond acceptors (Lipinski definition) is 2. The van der Waals surface area contributed by atoms with E-state index in [2.05, 4.69) is 242 Å². The average Bonchev–Trinajstić information content (AvgIpc) is 4.18. The Kier molecular flexibility index (Phi) is 7.36. The fourth-order valence-electron chi connectivity index (χ4n) is 13.8. The van der Waals surface area contributed by atoms with Gasteiger partial charge in [-0.1, -0.05) is 200 Å². The molecule has 0 N–H and O–H groups in total. The minimum absolute atomic E-state index is 0.477. The first kappa shape index (κ1) is 37.8. The summed E-state index contributed by atoms with van der Waals surface area (Å²) in [5, 5.41) is 5.17. The predicted octanol–water partition coefficient (Wildman–Crippen LogP) is 17.7. The summed E-state index contributed by atoms with van der Waals surface area (Å²) < 4.78 is 2.64. The quantitative estimate of drug-likeness (QED) is 0.171. The summed E-state index contributed by atoms with van der Waals surface area (Å²) in [6.45, 7) is 2.27. The molecule has 16 rings (SSSR count). The van der Waals surface area contributed by atoms with E-state index in [1.54, 1.807) is 0 Å². The number of benzene rings is 11. The highest BCUT2D eigenvalue weighted by Gasteiger charge is 2.53. The second-order valence-corrected chi connectivity index (χ2v) is 20.5. The van der Waals surface area contributed by atoms with Crippen molar-refractivity contribution in [3.8, 4) is 44.5 Å². The zero-order valence-electron chi connectivity index (χ0n) is 37.8. The molecule has 0 radical (unpaired) electrons. The van der Waals surface area contributed by atoms with Crippen LogP contribution in [0.5, 0.6) is 0 Å². The first-order valence-corrected chi connectivity index (χ1v) is 25.0. The summed E-state index contributed by atoms with van der Waals surface area (Å²) in [6, 6.07) is 88.0. The molecular weight excluding hydrogens is 851 g/mol. The van der Waals surface area contributed by atoms with Crippen LogP contribution in [0.4, 0.5) is 17.1 Å². The Balaban J connectivity index is 1.03. The molecule has 1 aromatic heterocycles. The van der Waals surface area contributed by atoms with Crippen LogP contribution in [0.25, 0.3) is 75.5 Å². The Morgan fingerprint density at radius 3 is 1.14 bits per heavy atom. The molecule has 1 heterocycles. The lowest BCUT2D eigenvalue weighted by Crippen LogP contribution is -2.26. The van der Waals surface area contributed by atoms with Gasteiger partial charge in [0.25, 0.3) is 0 Å². The number of fused-ring (bicyclic) bond motifs is 25. The second-order valence-electron chi connectivity index (χ2n) is 19.4. The lowest BCUT2D eigenvalue weighted by molar-refractivity contribution is 0.792. The average molecular weight is 892 g/mol. The molecule has 0 atom stereocenters. The highest BCUT2D eigenvalue weighted by atomic mass is 32.1. The first-order valence-electron chi connectivity index (χ1n) is 24.2. The molecule has 0 fully saturated rings. The van der Waals surface area contributed by atoms with Gasteiger partial charge in [-0.15, -0.1) is 11.3 Å². The lowest BCUT2D eigenvalue weighted by atomic mass is 9.70. The van der Waals surface area contributed by atoms with E-state index in [1.807, 2.05) is 11.3 Å². The van der Waals surface area contributed by atoms with E-state index in [1.165, 1.54) is 131 Å². The molecule has 320 valence electrons. The third kappa shape index (κ3) is 4.56. The van der Waals surface area contributed by atoms with Crippen LogP contribution in [0, 0.1) is 6.92 Å². The third-order valence-electron chi connectivity index (χ3n) is 16.4. The van der Waals surface area contributed by atoms with Gasteiger partial charge >= 0.3 is 0 Å². The van der Waals surface area contributed by atoms with E-state index < -0.39 is 10.8 Å². The van der Waals surface area contributed by atoms with Crippen molar-refractivity contribution in [2.75, 3.05) is 4.90 Å². The van der Waals surface area contributed by atoms with Crippen molar-refractivity contribution < 1.29 is 0 Å². The maximum absolute atomic E-state index is 2.62. The number of aryl methyl sites for hydroxylation is 1. The molecule has 2 heteroatoms. The monoisotopic (exact) mass is 891 g/mol. The summed E-state index contributed by atoms with van der Waals surface area (Å²) in [5.41, 5.74) is 25.1. The van der Waals surface area contributed by atoms with Crippen LogP contribution in [-0.4, -0.2) is 0 Å². The summed E-state index contributed by atoms with van der Waals surface area (Å²) in [5.74, 6) is 0. The van der Waals surface area contributed by atoms with Crippen LogP contribution < -0.4 is 4.90 Å². The standard InChI is InChI=1S/C67H41NS/c1-40-17-16-26-53-63-44-19-3-2-18-41(44)37-62(65(63)69-64(40)53)68(42-33-35-51-49-24-8-14-31-58(49)66(60(51)38-42)54-27-10-4-20-45(54)46-21-5-11-28-55(46)66)43-34-36-52-50-25-9-15-32-59(50)67(61(52)39-43)56-29-12-6-22-47(56)48-23-7-13-30-57(48)67/h2-39H,1H3. The number of rotatable bonds is 3. The SMILES string of the molecule is Cc1cccc2c1sc1c(N(c3ccc4c(c3)C3(c5ccccc5-c5ccccc53)c3ccccc3-4)c3ccc4c(c3)C3(c5ccccc5-c5ccccc53)c3ccccc3-4)cc3ccccc3c12. The molecule has 4 aliphatic carbocycles. The molecule has 12 aromatic rings. The normalized spacial score (nSPS) is 14.4. The molecule has 11 aromatic carbocycles. The van der Waals surface area contributed by atoms with Crippen molar-refractivity contribution in [1.82, 2.24) is 0 Å². The zero-order valence-corrected chi connectivity index (χ0v) is 38.6. The zero-order chi connectivity index (χ0) is 45.2. The van der Waals surface area contributed by atoms with Crippen LogP contribution in [0.15, 0.2) is 231 Å². The Morgan fingerprint density at radius 1 is 0.319 bits per heavy atom. The van der Waals surface area contributed by atoms with Crippen molar-refractivity contribution in [2.45, 2.75) is 17.8 Å². The fourth-order valence-corrected chi connectivity index (χ4v) is 15.1. The lowest BCUT2D eigenvalue weighted by Gasteiger charge is -2.33. The second kappa shape index (κ2) is 13.4. The fraction of sp³-hybridized carbons (Fsp3) is 0.0448. The van der Waals surface area contributed by atoms with Gasteiger partial charge in [0.1, 0.15) is 0 Å². The highest BCUT2D eigenvalue weighted by molar-refractivity contribution is 7.26. The van der Waals surface area contributed by atoms with Crippen molar-refractivity contribution in [1.29, 1.82) is 0 Å². The smallest absolute Gasteiger partial charge is 0.0726 e. The third-order valence-corrected chi connectivity index (χ3v) is 17.7. The van der Waals surface area contributed by atoms with E-state index in [0.717, 1.165) is 11.4 Å². The Hall–Kier alpha value is -8.30. The van der Waals surface area contributed by atoms with Gasteiger partial charge in [0.05, 0.1) is 21.2 Å². The van der Waals surface area contributed by atoms with Gasteiger partial charge < -0.3 is 4.90 Å². The summed E-state index contributed by atoms with van der Waals surface area (Å²) >= 11 is 1.94.